The number of nitrogens with one attached hydrogen (secondary N) is 2. The van der Waals surface area contributed by atoms with Gasteiger partial charge in [-0.15, -0.1) is 0 Å². The molecular formula is C59H67ClFN3O12S2. The molecule has 1 aromatic heterocycles. The third-order valence-electron chi connectivity index (χ3n) is 12.5. The Hall–Kier alpha value is -6.50. The number of nitrogens with zero attached hydrogens (tertiary/aromatic N) is 1. The fourth-order valence-corrected chi connectivity index (χ4v) is 10.9. The summed E-state index contributed by atoms with van der Waals surface area (Å²) in [7, 11) is 2.88. The highest BCUT2D eigenvalue weighted by atomic mass is 35.5. The number of halogens is 2. The minimum atomic E-state index is -1.16. The molecule has 0 bridgehead atoms. The topological polar surface area (TPSA) is 209 Å². The van der Waals surface area contributed by atoms with Crippen LogP contribution in [0.5, 0.6) is 0 Å². The molecule has 19 heteroatoms. The van der Waals surface area contributed by atoms with E-state index in [1.807, 2.05) is 107 Å². The van der Waals surface area contributed by atoms with Crippen LogP contribution in [0.2, 0.25) is 5.02 Å². The highest BCUT2D eigenvalue weighted by Crippen LogP contribution is 2.44. The number of rotatable bonds is 28. The number of hydrogen-bond acceptors (Lipinski definition) is 15. The van der Waals surface area contributed by atoms with Crippen LogP contribution < -0.4 is 10.6 Å². The number of hydrogen-bond donors (Lipinski definition) is 4. The van der Waals surface area contributed by atoms with Crippen molar-refractivity contribution in [1.29, 1.82) is 0 Å². The number of aliphatic hydroxyl groups is 2. The van der Waals surface area contributed by atoms with E-state index in [2.05, 4.69) is 15.2 Å². The molecule has 0 saturated heterocycles. The van der Waals surface area contributed by atoms with Gasteiger partial charge in [0.05, 0.1) is 55.4 Å². The quantitative estimate of drug-likeness (QED) is 0.0121. The van der Waals surface area contributed by atoms with E-state index >= 15 is 0 Å². The van der Waals surface area contributed by atoms with Crippen molar-refractivity contribution >= 4 is 63.2 Å². The second-order valence-corrected chi connectivity index (χ2v) is 21.5. The third kappa shape index (κ3) is 18.3. The van der Waals surface area contributed by atoms with Gasteiger partial charge in [-0.25, -0.2) is 14.0 Å². The van der Waals surface area contributed by atoms with Crippen molar-refractivity contribution in [2.75, 3.05) is 51.1 Å². The molecule has 4 N–H and O–H groups in total. The average Bonchev–Trinajstić information content (AvgIpc) is 4.03. The summed E-state index contributed by atoms with van der Waals surface area (Å²) in [6.07, 6.45) is -2.51. The molecule has 0 aliphatic carbocycles. The monoisotopic (exact) mass is 1130 g/mol. The van der Waals surface area contributed by atoms with Crippen molar-refractivity contribution in [2.24, 2.45) is 0 Å². The van der Waals surface area contributed by atoms with Crippen LogP contribution in [0.4, 0.5) is 9.18 Å². The molecule has 6 rings (SSSR count). The minimum absolute atomic E-state index is 0.0598. The van der Waals surface area contributed by atoms with E-state index in [9.17, 15) is 33.8 Å². The zero-order valence-electron chi connectivity index (χ0n) is 44.4. The van der Waals surface area contributed by atoms with Crippen LogP contribution in [0.1, 0.15) is 92.9 Å². The van der Waals surface area contributed by atoms with Crippen molar-refractivity contribution in [1.82, 2.24) is 15.2 Å². The van der Waals surface area contributed by atoms with Gasteiger partial charge in [-0.2, -0.15) is 9.59 Å². The molecule has 0 fully saturated rings. The van der Waals surface area contributed by atoms with Crippen molar-refractivity contribution in [3.63, 3.8) is 0 Å². The second kappa shape index (κ2) is 32.4. The van der Waals surface area contributed by atoms with Gasteiger partial charge in [0.1, 0.15) is 19.0 Å². The number of benzene rings is 4. The summed E-state index contributed by atoms with van der Waals surface area (Å²) in [5, 5.41) is 28.6. The Morgan fingerprint density at radius 2 is 1.45 bits per heavy atom. The molecule has 0 saturated carbocycles. The second-order valence-electron chi connectivity index (χ2n) is 18.3. The van der Waals surface area contributed by atoms with E-state index in [1.165, 1.54) is 33.7 Å². The maximum atomic E-state index is 14.5. The summed E-state index contributed by atoms with van der Waals surface area (Å²) < 4.78 is 38.3. The van der Waals surface area contributed by atoms with Gasteiger partial charge in [-0.05, 0) is 97.7 Å². The molecule has 1 aliphatic rings. The van der Waals surface area contributed by atoms with Gasteiger partial charge in [0.15, 0.2) is 5.78 Å². The summed E-state index contributed by atoms with van der Waals surface area (Å²) in [4.78, 5) is 69.0. The van der Waals surface area contributed by atoms with E-state index in [-0.39, 0.29) is 89.7 Å². The lowest BCUT2D eigenvalue weighted by molar-refractivity contribution is -0.191. The highest BCUT2D eigenvalue weighted by molar-refractivity contribution is 8.76. The fourth-order valence-electron chi connectivity index (χ4n) is 9.05. The molecule has 1 unspecified atom stereocenters. The van der Waals surface area contributed by atoms with Crippen LogP contribution in [0.3, 0.4) is 0 Å². The van der Waals surface area contributed by atoms with Crippen molar-refractivity contribution in [3.05, 3.63) is 165 Å². The van der Waals surface area contributed by atoms with Gasteiger partial charge in [0.2, 0.25) is 0 Å². The first-order valence-corrected chi connectivity index (χ1v) is 28.4. The molecule has 5 aromatic rings. The van der Waals surface area contributed by atoms with Crippen LogP contribution in [-0.2, 0) is 51.1 Å². The Labute approximate surface area is 467 Å². The van der Waals surface area contributed by atoms with Crippen molar-refractivity contribution < 1.29 is 62.3 Å². The van der Waals surface area contributed by atoms with Crippen molar-refractivity contribution in [3.8, 4) is 22.4 Å². The van der Waals surface area contributed by atoms with Gasteiger partial charge >= 0.3 is 24.2 Å². The maximum absolute atomic E-state index is 14.5. The number of aliphatic hydroxyl groups excluding tert-OH is 2. The van der Waals surface area contributed by atoms with E-state index in [1.54, 1.807) is 25.1 Å². The predicted octanol–water partition coefficient (Wildman–Crippen LogP) is 10.6. The molecule has 0 spiro atoms. The minimum Gasteiger partial charge on any atom is -0.465 e. The molecule has 1 amide bonds. The van der Waals surface area contributed by atoms with Crippen LogP contribution in [-0.4, -0.2) is 108 Å². The summed E-state index contributed by atoms with van der Waals surface area (Å²) in [6, 6.07) is 32.8. The molecule has 4 aromatic carbocycles. The van der Waals surface area contributed by atoms with E-state index in [0.29, 0.717) is 38.9 Å². The number of ketones is 1. The van der Waals surface area contributed by atoms with E-state index < -0.39 is 42.0 Å². The maximum Gasteiger partial charge on any atom is 0.407 e. The Morgan fingerprint density at radius 1 is 0.821 bits per heavy atom. The Kier molecular flexibility index (Phi) is 25.9. The van der Waals surface area contributed by atoms with Crippen LogP contribution >= 0.6 is 33.2 Å². The first-order valence-electron chi connectivity index (χ1n) is 25.6. The number of Topliss-reactive ketones (excluding diaryl/α,β-unsaturated/α-hetero) is 1. The zero-order chi connectivity index (χ0) is 56.6. The molecule has 2 heterocycles. The zero-order valence-corrected chi connectivity index (χ0v) is 46.8. The van der Waals surface area contributed by atoms with E-state index in [0.717, 1.165) is 44.9 Å². The van der Waals surface area contributed by atoms with Crippen LogP contribution in [0.15, 0.2) is 132 Å². The number of aromatic nitrogens is 1. The molecule has 3 atom stereocenters. The fraction of sp³-hybridized carbons (Fsp3) is 0.373. The number of allylic oxidation sites excluding steroid dienone is 2. The SMILES string of the molecule is CCOC(=O)C1=C(COCCNC(=O)OCCSSCCOC(=O)C[C@H](O)C[C@H](O)CCn2c(-c3ccc(F)cc3)c(-c3ccccc3)c(C(=O)Cc3ccccc3)c2C(C)C)NC(C)=C(C)C1c1ccccc1Cl.O=C=O. The summed E-state index contributed by atoms with van der Waals surface area (Å²) in [5.41, 5.74) is 8.84. The number of alkyl carbamates (subject to hydrolysis) is 1. The summed E-state index contributed by atoms with van der Waals surface area (Å²) in [5.74, 6) is -1.10. The van der Waals surface area contributed by atoms with Crippen molar-refractivity contribution in [2.45, 2.75) is 90.9 Å². The lowest BCUT2D eigenvalue weighted by Gasteiger charge is -2.31. The first-order chi connectivity index (χ1) is 37.6. The standard InChI is InChI=1S/C58H67ClFN3O10S2.CO2/c1-6-71-57(68)53-48(62-39(5)38(4)51(53)46-19-13-14-20-47(46)59)36-70-28-26-61-58(69)73-30-32-75-74-31-29-72-50(67)35-45(65)34-44(64)25-27-63-55(37(2)3)54(49(66)33-40-15-9-7-10-16-40)52(41-17-11-8-12-18-41)56(63)42-21-23-43(60)24-22-42;2-1-3/h7-24,37,44-45,51,62,64-65H,6,25-36H2,1-5H3,(H,61,69);/t44-,45-,51?;/m1./s1. The largest absolute Gasteiger partial charge is 0.465 e. The number of carbonyl (C=O) groups is 4. The number of amides is 1. The Morgan fingerprint density at radius 3 is 2.09 bits per heavy atom. The third-order valence-corrected chi connectivity index (χ3v) is 15.2. The van der Waals surface area contributed by atoms with Gasteiger partial charge in [-0.1, -0.05) is 126 Å². The van der Waals surface area contributed by atoms with Crippen LogP contribution in [0, 0.1) is 5.82 Å². The summed E-state index contributed by atoms with van der Waals surface area (Å²) >= 11 is 6.58. The molecule has 15 nitrogen and oxygen atoms in total. The highest BCUT2D eigenvalue weighted by Gasteiger charge is 2.35. The average molecular weight is 1130 g/mol. The smallest absolute Gasteiger partial charge is 0.407 e. The van der Waals surface area contributed by atoms with Crippen LogP contribution in [0.25, 0.3) is 22.4 Å². The first kappa shape index (κ1) is 62.3. The molecule has 1 aliphatic heterocycles. The van der Waals surface area contributed by atoms with E-state index in [4.69, 9.17) is 40.1 Å². The predicted molar refractivity (Wildman–Crippen MR) is 300 cm³/mol. The molecule has 0 radical (unpaired) electrons. The number of dihydropyridines is 1. The normalized spacial score (nSPS) is 13.9. The molecule has 78 heavy (non-hydrogen) atoms. The summed E-state index contributed by atoms with van der Waals surface area (Å²) in [6.45, 7) is 10.8. The number of carbonyl (C=O) groups excluding carboxylic acids is 6. The number of esters is 2. The molecular weight excluding hydrogens is 1060 g/mol. The number of ether oxygens (including phenoxy) is 4. The van der Waals surface area contributed by atoms with Gasteiger partial charge in [0, 0.05) is 64.5 Å². The van der Waals surface area contributed by atoms with Gasteiger partial charge in [0.25, 0.3) is 0 Å². The lowest BCUT2D eigenvalue weighted by atomic mass is 9.81. The Bertz CT molecular complexity index is 2870. The molecule has 416 valence electrons. The van der Waals surface area contributed by atoms with Gasteiger partial charge in [-0.3, -0.25) is 9.59 Å². The lowest BCUT2D eigenvalue weighted by Crippen LogP contribution is -2.33. The Balaban J connectivity index is 0.00000365. The van der Waals surface area contributed by atoms with Gasteiger partial charge < -0.3 is 44.4 Å².